The molecule has 0 unspecified atom stereocenters. The van der Waals surface area contributed by atoms with Crippen LogP contribution in [0.1, 0.15) is 18.1 Å². The molecular weight excluding hydrogens is 544 g/mol. The molecule has 0 radical (unpaired) electrons. The van der Waals surface area contributed by atoms with Gasteiger partial charge in [-0.2, -0.15) is 10.4 Å². The first-order valence-electron chi connectivity index (χ1n) is 13.6. The first-order valence-corrected chi connectivity index (χ1v) is 13.6. The standard InChI is InChI=1S/C34H30N4O5/c1-22-28(33(39)37(34(40)29(22)20-35)16-15-23-13-14-30(42-3)31(17-23)43-4)19-25-21-38(26-10-6-5-7-11-26)36-32(25)24-9-8-12-27(18-24)41-2/h5-14,17-19,21H,15-16H2,1-4H3/b28-19+. The van der Waals surface area contributed by atoms with Gasteiger partial charge in [0, 0.05) is 29.4 Å². The summed E-state index contributed by atoms with van der Waals surface area (Å²) in [4.78, 5) is 28.3. The lowest BCUT2D eigenvalue weighted by Crippen LogP contribution is -2.43. The van der Waals surface area contributed by atoms with Gasteiger partial charge in [0.1, 0.15) is 23.1 Å². The molecule has 9 nitrogen and oxygen atoms in total. The number of para-hydroxylation sites is 1. The van der Waals surface area contributed by atoms with Gasteiger partial charge in [0.25, 0.3) is 11.8 Å². The van der Waals surface area contributed by atoms with Gasteiger partial charge in [0.05, 0.1) is 27.0 Å². The number of amides is 2. The fraction of sp³-hybridized carbons (Fsp3) is 0.176. The number of ether oxygens (including phenoxy) is 3. The highest BCUT2D eigenvalue weighted by atomic mass is 16.5. The molecule has 0 atom stereocenters. The Bertz CT molecular complexity index is 1800. The third-order valence-corrected chi connectivity index (χ3v) is 7.30. The summed E-state index contributed by atoms with van der Waals surface area (Å²) in [5.41, 5.74) is 4.23. The number of aromatic nitrogens is 2. The van der Waals surface area contributed by atoms with E-state index in [9.17, 15) is 14.9 Å². The Labute approximate surface area is 249 Å². The number of nitriles is 1. The largest absolute Gasteiger partial charge is 0.497 e. The van der Waals surface area contributed by atoms with Gasteiger partial charge in [-0.05, 0) is 67.0 Å². The van der Waals surface area contributed by atoms with E-state index in [1.807, 2.05) is 72.9 Å². The lowest BCUT2D eigenvalue weighted by Gasteiger charge is -2.27. The van der Waals surface area contributed by atoms with Gasteiger partial charge in [-0.1, -0.05) is 36.4 Å². The van der Waals surface area contributed by atoms with E-state index >= 15 is 0 Å². The van der Waals surface area contributed by atoms with Crippen molar-refractivity contribution in [1.82, 2.24) is 14.7 Å². The van der Waals surface area contributed by atoms with E-state index in [1.54, 1.807) is 51.1 Å². The minimum absolute atomic E-state index is 0.0726. The number of nitrogens with zero attached hydrogens (tertiary/aromatic N) is 4. The van der Waals surface area contributed by atoms with E-state index in [0.717, 1.165) is 21.7 Å². The molecule has 216 valence electrons. The average molecular weight is 575 g/mol. The van der Waals surface area contributed by atoms with E-state index in [2.05, 4.69) is 0 Å². The fourth-order valence-corrected chi connectivity index (χ4v) is 4.97. The normalized spacial score (nSPS) is 14.2. The van der Waals surface area contributed by atoms with Crippen LogP contribution in [0.5, 0.6) is 17.2 Å². The molecule has 9 heteroatoms. The maximum atomic E-state index is 13.9. The lowest BCUT2D eigenvalue weighted by atomic mass is 9.93. The summed E-state index contributed by atoms with van der Waals surface area (Å²) in [5, 5.41) is 14.8. The van der Waals surface area contributed by atoms with Crippen LogP contribution in [-0.4, -0.2) is 54.4 Å². The highest BCUT2D eigenvalue weighted by Gasteiger charge is 2.35. The molecule has 0 fully saturated rings. The van der Waals surface area contributed by atoms with Gasteiger partial charge >= 0.3 is 0 Å². The molecule has 1 aliphatic heterocycles. The summed E-state index contributed by atoms with van der Waals surface area (Å²) in [6, 6.07) is 24.5. The molecule has 0 saturated heterocycles. The molecule has 5 rings (SSSR count). The summed E-state index contributed by atoms with van der Waals surface area (Å²) in [6.45, 7) is 1.70. The molecule has 1 aromatic heterocycles. The van der Waals surface area contributed by atoms with Crippen LogP contribution in [0.15, 0.2) is 95.7 Å². The molecule has 0 bridgehead atoms. The Kier molecular flexibility index (Phi) is 8.39. The summed E-state index contributed by atoms with van der Waals surface area (Å²) in [6.07, 6.45) is 3.89. The van der Waals surface area contributed by atoms with Gasteiger partial charge < -0.3 is 14.2 Å². The summed E-state index contributed by atoms with van der Waals surface area (Å²) >= 11 is 0. The van der Waals surface area contributed by atoms with Crippen LogP contribution in [0.3, 0.4) is 0 Å². The predicted molar refractivity (Wildman–Crippen MR) is 162 cm³/mol. The molecule has 0 aliphatic carbocycles. The van der Waals surface area contributed by atoms with E-state index in [4.69, 9.17) is 19.3 Å². The molecular formula is C34H30N4O5. The van der Waals surface area contributed by atoms with Crippen molar-refractivity contribution < 1.29 is 23.8 Å². The quantitative estimate of drug-likeness (QED) is 0.195. The number of imide groups is 1. The minimum Gasteiger partial charge on any atom is -0.497 e. The third-order valence-electron chi connectivity index (χ3n) is 7.30. The number of carbonyl (C=O) groups excluding carboxylic acids is 2. The smallest absolute Gasteiger partial charge is 0.271 e. The molecule has 0 N–H and O–H groups in total. The second kappa shape index (κ2) is 12.5. The van der Waals surface area contributed by atoms with Crippen LogP contribution < -0.4 is 14.2 Å². The van der Waals surface area contributed by atoms with E-state index in [-0.39, 0.29) is 17.7 Å². The van der Waals surface area contributed by atoms with Crippen molar-refractivity contribution in [2.45, 2.75) is 13.3 Å². The predicted octanol–water partition coefficient (Wildman–Crippen LogP) is 5.40. The van der Waals surface area contributed by atoms with E-state index in [1.165, 1.54) is 0 Å². The van der Waals surface area contributed by atoms with Crippen molar-refractivity contribution in [2.24, 2.45) is 0 Å². The van der Waals surface area contributed by atoms with Crippen LogP contribution in [-0.2, 0) is 16.0 Å². The molecule has 43 heavy (non-hydrogen) atoms. The van der Waals surface area contributed by atoms with E-state index < -0.39 is 11.8 Å². The number of hydrogen-bond donors (Lipinski definition) is 0. The lowest BCUT2D eigenvalue weighted by molar-refractivity contribution is -0.140. The summed E-state index contributed by atoms with van der Waals surface area (Å²) in [7, 11) is 4.69. The molecule has 0 saturated carbocycles. The first-order chi connectivity index (χ1) is 20.9. The molecule has 4 aromatic rings. The van der Waals surface area contributed by atoms with Crippen LogP contribution in [0.25, 0.3) is 23.0 Å². The summed E-state index contributed by atoms with van der Waals surface area (Å²) in [5.74, 6) is 0.691. The van der Waals surface area contributed by atoms with Gasteiger partial charge in [0.15, 0.2) is 11.5 Å². The molecule has 3 aromatic carbocycles. The van der Waals surface area contributed by atoms with Gasteiger partial charge in [-0.25, -0.2) is 4.68 Å². The van der Waals surface area contributed by atoms with Crippen molar-refractivity contribution >= 4 is 17.9 Å². The Hall–Kier alpha value is -5.62. The Morgan fingerprint density at radius 3 is 2.35 bits per heavy atom. The zero-order chi connectivity index (χ0) is 30.5. The summed E-state index contributed by atoms with van der Waals surface area (Å²) < 4.78 is 17.9. The second-order valence-corrected chi connectivity index (χ2v) is 9.82. The second-order valence-electron chi connectivity index (χ2n) is 9.82. The monoisotopic (exact) mass is 574 g/mol. The first kappa shape index (κ1) is 28.9. The Morgan fingerprint density at radius 2 is 1.65 bits per heavy atom. The number of methoxy groups -OCH3 is 3. The molecule has 0 spiro atoms. The van der Waals surface area contributed by atoms with Crippen molar-refractivity contribution in [3.63, 3.8) is 0 Å². The van der Waals surface area contributed by atoms with Crippen molar-refractivity contribution in [3.8, 4) is 40.3 Å². The SMILES string of the molecule is COc1cccc(-c2nn(-c3ccccc3)cc2/C=C2/C(=O)N(CCc3ccc(OC)c(OC)c3)C(=O)C(C#N)=C2C)c1. The van der Waals surface area contributed by atoms with E-state index in [0.29, 0.717) is 40.5 Å². The number of benzene rings is 3. The zero-order valence-corrected chi connectivity index (χ0v) is 24.3. The number of hydrogen-bond acceptors (Lipinski definition) is 7. The molecule has 2 heterocycles. The number of rotatable bonds is 9. The molecule has 1 aliphatic rings. The highest BCUT2D eigenvalue weighted by Crippen LogP contribution is 2.33. The Balaban J connectivity index is 1.56. The van der Waals surface area contributed by atoms with Crippen LogP contribution in [0.2, 0.25) is 0 Å². The van der Waals surface area contributed by atoms with Crippen molar-refractivity contribution in [2.75, 3.05) is 27.9 Å². The van der Waals surface area contributed by atoms with Gasteiger partial charge in [0.2, 0.25) is 0 Å². The Morgan fingerprint density at radius 1 is 0.884 bits per heavy atom. The van der Waals surface area contributed by atoms with Crippen LogP contribution in [0.4, 0.5) is 0 Å². The average Bonchev–Trinajstić information content (AvgIpc) is 3.47. The van der Waals surface area contributed by atoms with Crippen molar-refractivity contribution in [1.29, 1.82) is 5.26 Å². The van der Waals surface area contributed by atoms with Gasteiger partial charge in [-0.3, -0.25) is 14.5 Å². The van der Waals surface area contributed by atoms with Crippen LogP contribution in [0, 0.1) is 11.3 Å². The minimum atomic E-state index is -0.615. The zero-order valence-electron chi connectivity index (χ0n) is 24.3. The maximum Gasteiger partial charge on any atom is 0.271 e. The number of carbonyl (C=O) groups is 2. The third kappa shape index (κ3) is 5.76. The van der Waals surface area contributed by atoms with Gasteiger partial charge in [-0.15, -0.1) is 0 Å². The van der Waals surface area contributed by atoms with Crippen molar-refractivity contribution in [3.05, 3.63) is 107 Å². The fourth-order valence-electron chi connectivity index (χ4n) is 4.97. The topological polar surface area (TPSA) is 107 Å². The molecule has 2 amide bonds. The highest BCUT2D eigenvalue weighted by molar-refractivity contribution is 6.19. The maximum absolute atomic E-state index is 13.9. The van der Waals surface area contributed by atoms with Crippen LogP contribution >= 0.6 is 0 Å².